The largest absolute Gasteiger partial charge is 0.472 e. The fourth-order valence-electron chi connectivity index (χ4n) is 5.48. The molecule has 0 fully saturated rings. The van der Waals surface area contributed by atoms with Crippen LogP contribution in [0.25, 0.3) is 0 Å². The lowest BCUT2D eigenvalue weighted by Gasteiger charge is -2.24. The maximum absolute atomic E-state index is 12.7. The molecule has 10 nitrogen and oxygen atoms in total. The number of carbonyl (C=O) groups excluding carboxylic acids is 2. The van der Waals surface area contributed by atoms with Crippen LogP contribution in [0, 0.1) is 0 Å². The van der Waals surface area contributed by atoms with E-state index in [0.717, 1.165) is 57.8 Å². The van der Waals surface area contributed by atoms with Crippen molar-refractivity contribution < 1.29 is 47.2 Å². The number of unbranched alkanes of at least 4 members (excludes halogenated alkanes) is 10. The molecule has 0 heterocycles. The summed E-state index contributed by atoms with van der Waals surface area (Å²) >= 11 is 0. The van der Waals surface area contributed by atoms with E-state index in [1.807, 2.05) is 33.3 Å². The molecule has 0 aliphatic heterocycles. The van der Waals surface area contributed by atoms with Crippen molar-refractivity contribution in [3.63, 3.8) is 0 Å². The summed E-state index contributed by atoms with van der Waals surface area (Å²) in [5.41, 5.74) is 0. The van der Waals surface area contributed by atoms with Crippen molar-refractivity contribution in [2.24, 2.45) is 0 Å². The molecule has 0 aliphatic carbocycles. The Bertz CT molecular complexity index is 1300. The Morgan fingerprint density at radius 1 is 0.627 bits per heavy atom. The van der Waals surface area contributed by atoms with E-state index >= 15 is 0 Å². The SMILES string of the molecule is CC/C=C\C/C=C\C/C=C\C/C=C\C=C\C(O)CCCC(=O)O[C@H](COC(=O)CCCCCCCCC/C=C\C/C=C\CCCCC)COP(=O)(O)OCC[N+](C)(C)C. The molecule has 3 atom stereocenters. The summed E-state index contributed by atoms with van der Waals surface area (Å²) in [6.07, 6.45) is 46.6. The molecule has 2 N–H and O–H groups in total. The third-order valence-electron chi connectivity index (χ3n) is 9.01. The van der Waals surface area contributed by atoms with E-state index in [1.165, 1.54) is 44.9 Å². The molecule has 0 aromatic heterocycles. The smallest absolute Gasteiger partial charge is 0.462 e. The van der Waals surface area contributed by atoms with Crippen LogP contribution in [0.4, 0.5) is 0 Å². The minimum atomic E-state index is -4.44. The van der Waals surface area contributed by atoms with Crippen molar-refractivity contribution in [1.82, 2.24) is 0 Å². The zero-order chi connectivity index (χ0) is 43.7. The van der Waals surface area contributed by atoms with Gasteiger partial charge in [0.05, 0.1) is 33.9 Å². The predicted molar refractivity (Wildman–Crippen MR) is 244 cm³/mol. The Labute approximate surface area is 359 Å². The second kappa shape index (κ2) is 39.3. The van der Waals surface area contributed by atoms with Crippen LogP contribution in [-0.4, -0.2) is 86.1 Å². The van der Waals surface area contributed by atoms with Crippen LogP contribution in [0.5, 0.6) is 0 Å². The summed E-state index contributed by atoms with van der Waals surface area (Å²) in [7, 11) is 1.34. The Morgan fingerprint density at radius 3 is 1.78 bits per heavy atom. The molecule has 338 valence electrons. The Hall–Kier alpha value is -2.85. The van der Waals surface area contributed by atoms with Crippen LogP contribution in [0.2, 0.25) is 0 Å². The number of likely N-dealkylation sites (N-methyl/N-ethyl adjacent to an activating group) is 1. The number of aliphatic hydroxyl groups is 1. The molecule has 2 unspecified atom stereocenters. The summed E-state index contributed by atoms with van der Waals surface area (Å²) in [5, 5.41) is 10.3. The van der Waals surface area contributed by atoms with Gasteiger partial charge in [0.1, 0.15) is 19.8 Å². The van der Waals surface area contributed by atoms with Gasteiger partial charge in [0.2, 0.25) is 0 Å². The predicted octanol–water partition coefficient (Wildman–Crippen LogP) is 11.8. The quantitative estimate of drug-likeness (QED) is 0.0155. The van der Waals surface area contributed by atoms with Crippen molar-refractivity contribution in [3.8, 4) is 0 Å². The second-order valence-electron chi connectivity index (χ2n) is 15.9. The third kappa shape index (κ3) is 43.1. The van der Waals surface area contributed by atoms with Crippen molar-refractivity contribution in [2.45, 2.75) is 161 Å². The van der Waals surface area contributed by atoms with Crippen molar-refractivity contribution >= 4 is 19.8 Å². The number of rotatable bonds is 39. The molecule has 0 radical (unpaired) electrons. The van der Waals surface area contributed by atoms with E-state index in [4.69, 9.17) is 18.5 Å². The first-order chi connectivity index (χ1) is 28.4. The third-order valence-corrected chi connectivity index (χ3v) is 10.00. The minimum Gasteiger partial charge on any atom is -0.462 e. The fraction of sp³-hybridized carbons (Fsp3) is 0.667. The molecular weight excluding hydrogens is 766 g/mol. The van der Waals surface area contributed by atoms with Gasteiger partial charge in [-0.2, -0.15) is 0 Å². The number of hydrogen-bond acceptors (Lipinski definition) is 8. The van der Waals surface area contributed by atoms with Crippen molar-refractivity contribution in [3.05, 3.63) is 85.1 Å². The van der Waals surface area contributed by atoms with E-state index < -0.39 is 38.6 Å². The number of quaternary nitrogens is 1. The summed E-state index contributed by atoms with van der Waals surface area (Å²) in [5.74, 6) is -1.02. The zero-order valence-corrected chi connectivity index (χ0v) is 38.5. The average Bonchev–Trinajstić information content (AvgIpc) is 3.18. The second-order valence-corrected chi connectivity index (χ2v) is 17.3. The first kappa shape index (κ1) is 56.1. The van der Waals surface area contributed by atoms with Crippen LogP contribution in [0.1, 0.15) is 149 Å². The van der Waals surface area contributed by atoms with E-state index in [0.29, 0.717) is 30.3 Å². The Balaban J connectivity index is 4.57. The number of nitrogens with zero attached hydrogens (tertiary/aromatic N) is 1. The molecule has 0 spiro atoms. The number of esters is 2. The molecular formula is C48H83NO9P+. The van der Waals surface area contributed by atoms with Gasteiger partial charge >= 0.3 is 19.8 Å². The first-order valence-corrected chi connectivity index (χ1v) is 23.9. The fourth-order valence-corrected chi connectivity index (χ4v) is 6.22. The summed E-state index contributed by atoms with van der Waals surface area (Å²) in [4.78, 5) is 35.4. The number of aliphatic hydroxyl groups excluding tert-OH is 1. The lowest BCUT2D eigenvalue weighted by molar-refractivity contribution is -0.870. The van der Waals surface area contributed by atoms with Gasteiger partial charge < -0.3 is 24.0 Å². The number of phosphoric acid groups is 1. The van der Waals surface area contributed by atoms with Crippen LogP contribution in [0.3, 0.4) is 0 Å². The first-order valence-electron chi connectivity index (χ1n) is 22.4. The summed E-state index contributed by atoms with van der Waals surface area (Å²) < 4.78 is 34.1. The number of phosphoric ester groups is 1. The van der Waals surface area contributed by atoms with Gasteiger partial charge in [-0.1, -0.05) is 144 Å². The monoisotopic (exact) mass is 849 g/mol. The Kier molecular flexibility index (Phi) is 37.4. The highest BCUT2D eigenvalue weighted by molar-refractivity contribution is 7.47. The molecule has 0 amide bonds. The number of hydrogen-bond donors (Lipinski definition) is 2. The van der Waals surface area contributed by atoms with E-state index in [-0.39, 0.29) is 26.1 Å². The summed E-state index contributed by atoms with van der Waals surface area (Å²) in [6.45, 7) is 4.02. The minimum absolute atomic E-state index is 0.00363. The van der Waals surface area contributed by atoms with Crippen LogP contribution < -0.4 is 0 Å². The van der Waals surface area contributed by atoms with Gasteiger partial charge in [0.15, 0.2) is 6.10 Å². The lowest BCUT2D eigenvalue weighted by Crippen LogP contribution is -2.37. The standard InChI is InChI=1S/C48H82NO9P/c1-6-8-10-12-14-16-18-20-21-22-23-25-27-29-31-33-35-39-47(51)55-43-46(44-57-59(53,54)56-42-41-49(3,4)5)58-48(52)40-36-38-45(50)37-34-32-30-28-26-24-19-17-15-13-11-9-7-2/h9,11,14-17,20-21,24,26,30,32,34,37,45-46,50H,6-8,10,12-13,18-19,22-23,25,27-29,31,33,35-36,38-44H2,1-5H3/p+1/b11-9-,16-14-,17-15-,21-20-,26-24-,32-30-,37-34+/t45?,46-/m1/s1. The number of ether oxygens (including phenoxy) is 2. The normalized spacial score (nSPS) is 14.9. The van der Waals surface area contributed by atoms with Gasteiger partial charge in [-0.25, -0.2) is 4.57 Å². The molecule has 0 rings (SSSR count). The maximum Gasteiger partial charge on any atom is 0.472 e. The van der Waals surface area contributed by atoms with Gasteiger partial charge in [-0.05, 0) is 77.0 Å². The zero-order valence-electron chi connectivity index (χ0n) is 37.6. The number of carbonyl (C=O) groups is 2. The highest BCUT2D eigenvalue weighted by Gasteiger charge is 2.27. The van der Waals surface area contributed by atoms with Gasteiger partial charge in [-0.3, -0.25) is 18.6 Å². The van der Waals surface area contributed by atoms with Gasteiger partial charge in [0, 0.05) is 12.8 Å². The van der Waals surface area contributed by atoms with Crippen LogP contribution >= 0.6 is 7.82 Å². The van der Waals surface area contributed by atoms with E-state index in [2.05, 4.69) is 74.6 Å². The van der Waals surface area contributed by atoms with E-state index in [9.17, 15) is 24.2 Å². The van der Waals surface area contributed by atoms with Crippen LogP contribution in [-0.2, 0) is 32.7 Å². The topological polar surface area (TPSA) is 129 Å². The number of allylic oxidation sites excluding steroid dienone is 13. The average molecular weight is 849 g/mol. The maximum atomic E-state index is 12.7. The van der Waals surface area contributed by atoms with Crippen LogP contribution in [0.15, 0.2) is 85.1 Å². The van der Waals surface area contributed by atoms with Gasteiger partial charge in [0.25, 0.3) is 0 Å². The molecule has 59 heavy (non-hydrogen) atoms. The molecule has 0 saturated carbocycles. The highest BCUT2D eigenvalue weighted by atomic mass is 31.2. The molecule has 0 bridgehead atoms. The van der Waals surface area contributed by atoms with Gasteiger partial charge in [-0.15, -0.1) is 0 Å². The van der Waals surface area contributed by atoms with E-state index in [1.54, 1.807) is 12.2 Å². The summed E-state index contributed by atoms with van der Waals surface area (Å²) in [6, 6.07) is 0. The molecule has 0 aromatic rings. The molecule has 0 aromatic carbocycles. The highest BCUT2D eigenvalue weighted by Crippen LogP contribution is 2.43. The molecule has 0 aliphatic rings. The lowest BCUT2D eigenvalue weighted by atomic mass is 10.1. The Morgan fingerprint density at radius 2 is 1.17 bits per heavy atom. The molecule has 11 heteroatoms. The van der Waals surface area contributed by atoms with Crippen molar-refractivity contribution in [1.29, 1.82) is 0 Å². The van der Waals surface area contributed by atoms with Crippen molar-refractivity contribution in [2.75, 3.05) is 47.5 Å². The molecule has 0 saturated heterocycles.